The molecule has 2 aromatic heterocycles. The minimum Gasteiger partial charge on any atom is -0.488 e. The third-order valence-electron chi connectivity index (χ3n) is 5.37. The predicted molar refractivity (Wildman–Crippen MR) is 120 cm³/mol. The minimum absolute atomic E-state index is 0.242. The Morgan fingerprint density at radius 3 is 2.84 bits per heavy atom. The number of fused-ring (bicyclic) bond motifs is 2. The number of H-pyrrole nitrogens is 1. The van der Waals surface area contributed by atoms with Crippen LogP contribution in [0.2, 0.25) is 0 Å². The van der Waals surface area contributed by atoms with Gasteiger partial charge in [0.1, 0.15) is 0 Å². The molecule has 0 aliphatic carbocycles. The van der Waals surface area contributed by atoms with E-state index in [2.05, 4.69) is 25.6 Å². The van der Waals surface area contributed by atoms with Crippen LogP contribution in [0.1, 0.15) is 34.5 Å². The van der Waals surface area contributed by atoms with Crippen molar-refractivity contribution >= 4 is 28.4 Å². The molecule has 31 heavy (non-hydrogen) atoms. The van der Waals surface area contributed by atoms with Gasteiger partial charge < -0.3 is 15.0 Å². The fourth-order valence-electron chi connectivity index (χ4n) is 3.80. The summed E-state index contributed by atoms with van der Waals surface area (Å²) in [5, 5.41) is 8.08. The van der Waals surface area contributed by atoms with Crippen LogP contribution in [0.25, 0.3) is 10.8 Å². The maximum atomic E-state index is 13.0. The lowest BCUT2D eigenvalue weighted by Crippen LogP contribution is -2.17. The molecule has 7 nitrogen and oxygen atoms in total. The van der Waals surface area contributed by atoms with Crippen molar-refractivity contribution in [3.8, 4) is 5.75 Å². The predicted octanol–water partition coefficient (Wildman–Crippen LogP) is 4.54. The van der Waals surface area contributed by atoms with E-state index in [1.54, 1.807) is 6.07 Å². The third kappa shape index (κ3) is 4.07. The van der Waals surface area contributed by atoms with Crippen molar-refractivity contribution in [2.75, 3.05) is 17.2 Å². The Bertz CT molecular complexity index is 1220. The highest BCUT2D eigenvalue weighted by Crippen LogP contribution is 2.31. The Kier molecular flexibility index (Phi) is 5.22. The number of carbonyl (C=O) groups is 1. The summed E-state index contributed by atoms with van der Waals surface area (Å²) in [6, 6.07) is 15.7. The fraction of sp³-hybridized carbons (Fsp3) is 0.208. The van der Waals surface area contributed by atoms with Gasteiger partial charge in [-0.2, -0.15) is 4.98 Å². The first kappa shape index (κ1) is 19.1. The highest BCUT2D eigenvalue weighted by molar-refractivity contribution is 6.12. The van der Waals surface area contributed by atoms with E-state index in [0.717, 1.165) is 41.3 Å². The number of ether oxygens (including phenoxy) is 1. The zero-order chi connectivity index (χ0) is 21.0. The van der Waals surface area contributed by atoms with Crippen LogP contribution in [-0.2, 0) is 13.0 Å². The van der Waals surface area contributed by atoms with Gasteiger partial charge in [0.15, 0.2) is 11.6 Å². The Morgan fingerprint density at radius 1 is 1.03 bits per heavy atom. The summed E-state index contributed by atoms with van der Waals surface area (Å²) in [5.41, 5.74) is 2.53. The van der Waals surface area contributed by atoms with E-state index >= 15 is 0 Å². The molecule has 0 atom stereocenters. The third-order valence-corrected chi connectivity index (χ3v) is 5.37. The minimum atomic E-state index is -0.242. The number of rotatable bonds is 5. The molecule has 0 fully saturated rings. The number of aromatic amines is 1. The van der Waals surface area contributed by atoms with Crippen LogP contribution in [0, 0.1) is 0 Å². The number of nitrogens with zero attached hydrogens (tertiary/aromatic N) is 2. The molecular weight excluding hydrogens is 390 g/mol. The van der Waals surface area contributed by atoms with Crippen molar-refractivity contribution in [3.05, 3.63) is 77.7 Å². The normalized spacial score (nSPS) is 13.2. The first-order valence-electron chi connectivity index (χ1n) is 10.5. The maximum Gasteiger partial charge on any atom is 0.258 e. The molecule has 1 aliphatic rings. The van der Waals surface area contributed by atoms with Crippen LogP contribution >= 0.6 is 0 Å². The molecular formula is C24H23N5O2. The number of hydrogen-bond acceptors (Lipinski definition) is 5. The van der Waals surface area contributed by atoms with E-state index in [0.29, 0.717) is 30.3 Å². The maximum absolute atomic E-state index is 13.0. The van der Waals surface area contributed by atoms with Gasteiger partial charge in [-0.25, -0.2) is 4.98 Å². The standard InChI is InChI=1S/C24H23N5O2/c30-23(18-10-6-9-17-14-25-15-19(17)18)29-24-27-20-11-4-5-12-31-21(20)22(28-24)26-13-16-7-2-1-3-8-16/h1-3,6-10,14-15,25H,4-5,11-13H2,(H2,26,27,28,29,30). The first-order chi connectivity index (χ1) is 15.3. The largest absolute Gasteiger partial charge is 0.488 e. The van der Waals surface area contributed by atoms with Crippen LogP contribution in [0.5, 0.6) is 5.75 Å². The number of benzene rings is 2. The van der Waals surface area contributed by atoms with Crippen LogP contribution in [-0.4, -0.2) is 27.5 Å². The lowest BCUT2D eigenvalue weighted by molar-refractivity contribution is 0.102. The Hall–Kier alpha value is -3.87. The van der Waals surface area contributed by atoms with Gasteiger partial charge in [-0.15, -0.1) is 0 Å². The van der Waals surface area contributed by atoms with E-state index < -0.39 is 0 Å². The summed E-state index contributed by atoms with van der Waals surface area (Å²) in [6.45, 7) is 1.24. The summed E-state index contributed by atoms with van der Waals surface area (Å²) in [6.07, 6.45) is 6.43. The molecule has 3 heterocycles. The van der Waals surface area contributed by atoms with Gasteiger partial charge >= 0.3 is 0 Å². The quantitative estimate of drug-likeness (QED) is 0.447. The van der Waals surface area contributed by atoms with E-state index in [4.69, 9.17) is 4.74 Å². The van der Waals surface area contributed by atoms with Gasteiger partial charge in [0.05, 0.1) is 12.3 Å². The summed E-state index contributed by atoms with van der Waals surface area (Å²) in [5.74, 6) is 1.32. The van der Waals surface area contributed by atoms with E-state index in [-0.39, 0.29) is 11.9 Å². The smallest absolute Gasteiger partial charge is 0.258 e. The Labute approximate surface area is 179 Å². The van der Waals surface area contributed by atoms with Crippen molar-refractivity contribution in [1.29, 1.82) is 0 Å². The lowest BCUT2D eigenvalue weighted by atomic mass is 10.1. The van der Waals surface area contributed by atoms with Gasteiger partial charge in [0.25, 0.3) is 5.91 Å². The second-order valence-electron chi connectivity index (χ2n) is 7.53. The van der Waals surface area contributed by atoms with Crippen LogP contribution in [0.3, 0.4) is 0 Å². The van der Waals surface area contributed by atoms with Gasteiger partial charge in [-0.3, -0.25) is 10.1 Å². The second-order valence-corrected chi connectivity index (χ2v) is 7.53. The second kappa shape index (κ2) is 8.47. The molecule has 4 aromatic rings. The van der Waals surface area contributed by atoms with E-state index in [9.17, 15) is 4.79 Å². The molecule has 0 unspecified atom stereocenters. The molecule has 0 saturated heterocycles. The summed E-state index contributed by atoms with van der Waals surface area (Å²) in [7, 11) is 0. The average molecular weight is 413 g/mol. The highest BCUT2D eigenvalue weighted by Gasteiger charge is 2.20. The molecule has 1 amide bonds. The monoisotopic (exact) mass is 413 g/mol. The Balaban J connectivity index is 1.44. The molecule has 2 aromatic carbocycles. The van der Waals surface area contributed by atoms with Crippen LogP contribution in [0.15, 0.2) is 60.9 Å². The topological polar surface area (TPSA) is 91.9 Å². The molecule has 1 aliphatic heterocycles. The number of aryl methyl sites for hydroxylation is 1. The first-order valence-corrected chi connectivity index (χ1v) is 10.5. The van der Waals surface area contributed by atoms with Crippen molar-refractivity contribution in [2.45, 2.75) is 25.8 Å². The summed E-state index contributed by atoms with van der Waals surface area (Å²) in [4.78, 5) is 25.2. The number of anilines is 2. The van der Waals surface area contributed by atoms with Gasteiger partial charge in [0.2, 0.25) is 5.95 Å². The molecule has 0 spiro atoms. The number of amides is 1. The van der Waals surface area contributed by atoms with Crippen molar-refractivity contribution in [1.82, 2.24) is 15.0 Å². The lowest BCUT2D eigenvalue weighted by Gasteiger charge is -2.15. The van der Waals surface area contributed by atoms with Crippen molar-refractivity contribution in [2.24, 2.45) is 0 Å². The molecule has 5 rings (SSSR count). The SMILES string of the molecule is O=C(Nc1nc2c(c(NCc3ccccc3)n1)OCCCC2)c1cccc2c[nH]cc12. The fourth-order valence-corrected chi connectivity index (χ4v) is 3.80. The van der Waals surface area contributed by atoms with Gasteiger partial charge in [-0.1, -0.05) is 42.5 Å². The van der Waals surface area contributed by atoms with Crippen LogP contribution < -0.4 is 15.4 Å². The summed E-state index contributed by atoms with van der Waals surface area (Å²) >= 11 is 0. The zero-order valence-corrected chi connectivity index (χ0v) is 17.0. The molecule has 0 radical (unpaired) electrons. The number of aromatic nitrogens is 3. The summed E-state index contributed by atoms with van der Waals surface area (Å²) < 4.78 is 5.96. The van der Waals surface area contributed by atoms with Crippen molar-refractivity contribution in [3.63, 3.8) is 0 Å². The number of nitrogens with one attached hydrogen (secondary N) is 3. The molecule has 3 N–H and O–H groups in total. The number of carbonyl (C=O) groups excluding carboxylic acids is 1. The van der Waals surface area contributed by atoms with Crippen molar-refractivity contribution < 1.29 is 9.53 Å². The molecule has 0 bridgehead atoms. The van der Waals surface area contributed by atoms with E-state index in [1.807, 2.05) is 54.9 Å². The average Bonchev–Trinajstić information content (AvgIpc) is 3.16. The highest BCUT2D eigenvalue weighted by atomic mass is 16.5. The Morgan fingerprint density at radius 2 is 1.94 bits per heavy atom. The molecule has 7 heteroatoms. The van der Waals surface area contributed by atoms with Gasteiger partial charge in [-0.05, 0) is 36.3 Å². The van der Waals surface area contributed by atoms with Crippen LogP contribution in [0.4, 0.5) is 11.8 Å². The molecule has 0 saturated carbocycles. The van der Waals surface area contributed by atoms with Gasteiger partial charge in [0, 0.05) is 29.9 Å². The molecule has 156 valence electrons. The van der Waals surface area contributed by atoms with E-state index in [1.165, 1.54) is 0 Å². The number of hydrogen-bond donors (Lipinski definition) is 3. The zero-order valence-electron chi connectivity index (χ0n) is 17.0.